The van der Waals surface area contributed by atoms with Crippen molar-refractivity contribution in [3.8, 4) is 0 Å². The Morgan fingerprint density at radius 2 is 2.21 bits per heavy atom. The second-order valence-corrected chi connectivity index (χ2v) is 7.75. The van der Waals surface area contributed by atoms with Crippen LogP contribution in [0.1, 0.15) is 19.8 Å². The second-order valence-electron chi connectivity index (χ2n) is 6.81. The summed E-state index contributed by atoms with van der Waals surface area (Å²) < 4.78 is 7.65. The van der Waals surface area contributed by atoms with Crippen molar-refractivity contribution in [2.24, 2.45) is 0 Å². The molecule has 0 saturated carbocycles. The normalized spacial score (nSPS) is 16.4. The number of hydrogen-bond acceptors (Lipinski definition) is 6. The first-order valence-electron chi connectivity index (χ1n) is 9.71. The molecule has 0 radical (unpaired) electrons. The monoisotopic (exact) mass is 413 g/mol. The highest BCUT2D eigenvalue weighted by Crippen LogP contribution is 2.25. The van der Waals surface area contributed by atoms with Gasteiger partial charge in [0.05, 0.1) is 24.7 Å². The number of ether oxygens (including phenoxy) is 1. The van der Waals surface area contributed by atoms with Crippen molar-refractivity contribution >= 4 is 34.5 Å². The van der Waals surface area contributed by atoms with E-state index in [1.807, 2.05) is 41.8 Å². The number of fused-ring (bicyclic) bond motifs is 1. The van der Waals surface area contributed by atoms with E-state index in [9.17, 15) is 9.59 Å². The number of hydrogen-bond donors (Lipinski definition) is 1. The van der Waals surface area contributed by atoms with Gasteiger partial charge in [0.15, 0.2) is 16.3 Å². The molecule has 9 heteroatoms. The van der Waals surface area contributed by atoms with Crippen LogP contribution in [0.5, 0.6) is 0 Å². The molecule has 0 bridgehead atoms. The molecule has 1 aromatic carbocycles. The summed E-state index contributed by atoms with van der Waals surface area (Å²) in [6.45, 7) is 3.84. The molecule has 1 N–H and O–H groups in total. The number of rotatable bonds is 7. The quantitative estimate of drug-likeness (QED) is 0.598. The minimum atomic E-state index is -0.284. The van der Waals surface area contributed by atoms with E-state index in [0.717, 1.165) is 25.1 Å². The minimum absolute atomic E-state index is 0.0127. The van der Waals surface area contributed by atoms with Gasteiger partial charge in [-0.3, -0.25) is 9.59 Å². The number of H-pyrrole nitrogens is 1. The third-order valence-corrected chi connectivity index (χ3v) is 5.88. The number of nitrogens with one attached hydrogen (secondary N) is 1. The summed E-state index contributed by atoms with van der Waals surface area (Å²) in [6, 6.07) is 9.59. The summed E-state index contributed by atoms with van der Waals surface area (Å²) >= 11 is 1.32. The van der Waals surface area contributed by atoms with Gasteiger partial charge in [0, 0.05) is 18.8 Å². The Hall–Kier alpha value is -2.65. The molecule has 1 amide bonds. The summed E-state index contributed by atoms with van der Waals surface area (Å²) in [7, 11) is 0. The lowest BCUT2D eigenvalue weighted by Gasteiger charge is -2.21. The van der Waals surface area contributed by atoms with E-state index < -0.39 is 0 Å². The lowest BCUT2D eigenvalue weighted by atomic mass is 10.2. The van der Waals surface area contributed by atoms with E-state index in [1.54, 1.807) is 4.90 Å². The molecular weight excluding hydrogens is 390 g/mol. The van der Waals surface area contributed by atoms with Crippen LogP contribution in [0.3, 0.4) is 0 Å². The standard InChI is InChI=1S/C20H23N5O3S/c1-2-24(14-7-4-3-5-8-14)16(26)12-29-20-23-17-18(21-13-22-19(17)27)25(20)11-15-9-6-10-28-15/h3-5,7-8,13,15H,2,6,9-12H2,1H3,(H,21,22,27). The number of amides is 1. The van der Waals surface area contributed by atoms with Gasteiger partial charge in [-0.2, -0.15) is 0 Å². The Bertz CT molecular complexity index is 1040. The molecule has 4 rings (SSSR count). The average Bonchev–Trinajstić information content (AvgIpc) is 3.37. The van der Waals surface area contributed by atoms with Gasteiger partial charge in [-0.15, -0.1) is 0 Å². The lowest BCUT2D eigenvalue weighted by Crippen LogP contribution is -2.32. The molecule has 1 atom stereocenters. The maximum Gasteiger partial charge on any atom is 0.278 e. The highest BCUT2D eigenvalue weighted by Gasteiger charge is 2.23. The first kappa shape index (κ1) is 19.7. The van der Waals surface area contributed by atoms with Gasteiger partial charge in [-0.05, 0) is 31.9 Å². The molecule has 1 saturated heterocycles. The summed E-state index contributed by atoms with van der Waals surface area (Å²) in [6.07, 6.45) is 3.44. The van der Waals surface area contributed by atoms with Gasteiger partial charge in [-0.1, -0.05) is 30.0 Å². The molecule has 1 aliphatic rings. The molecule has 1 unspecified atom stereocenters. The molecule has 8 nitrogen and oxygen atoms in total. The average molecular weight is 414 g/mol. The van der Waals surface area contributed by atoms with Gasteiger partial charge in [0.25, 0.3) is 5.56 Å². The SMILES string of the molecule is CCN(C(=O)CSc1nc2c(=O)[nH]cnc2n1CC1CCCO1)c1ccccc1. The van der Waals surface area contributed by atoms with E-state index in [4.69, 9.17) is 4.74 Å². The zero-order chi connectivity index (χ0) is 20.2. The fraction of sp³-hybridized carbons (Fsp3) is 0.400. The molecule has 1 aliphatic heterocycles. The Kier molecular flexibility index (Phi) is 5.96. The predicted molar refractivity (Wildman–Crippen MR) is 112 cm³/mol. The van der Waals surface area contributed by atoms with Crippen LogP contribution in [0, 0.1) is 0 Å². The number of nitrogens with zero attached hydrogens (tertiary/aromatic N) is 4. The third kappa shape index (κ3) is 4.20. The van der Waals surface area contributed by atoms with Crippen molar-refractivity contribution < 1.29 is 9.53 Å². The van der Waals surface area contributed by atoms with Crippen LogP contribution in [0.4, 0.5) is 5.69 Å². The molecular formula is C20H23N5O3S. The summed E-state index contributed by atoms with van der Waals surface area (Å²) in [5.74, 6) is 0.205. The maximum absolute atomic E-state index is 12.8. The van der Waals surface area contributed by atoms with Gasteiger partial charge in [-0.25, -0.2) is 9.97 Å². The number of aromatic nitrogens is 4. The van der Waals surface area contributed by atoms with Gasteiger partial charge >= 0.3 is 0 Å². The second kappa shape index (κ2) is 8.79. The fourth-order valence-electron chi connectivity index (χ4n) is 3.51. The third-order valence-electron chi connectivity index (χ3n) is 4.92. The van der Waals surface area contributed by atoms with Gasteiger partial charge in [0.2, 0.25) is 5.91 Å². The molecule has 3 heterocycles. The highest BCUT2D eigenvalue weighted by atomic mass is 32.2. The number of carbonyl (C=O) groups is 1. The molecule has 29 heavy (non-hydrogen) atoms. The summed E-state index contributed by atoms with van der Waals surface area (Å²) in [4.78, 5) is 38.1. The molecule has 1 fully saturated rings. The van der Waals surface area contributed by atoms with Crippen LogP contribution in [-0.2, 0) is 16.1 Å². The fourth-order valence-corrected chi connectivity index (χ4v) is 4.39. The minimum Gasteiger partial charge on any atom is -0.376 e. The lowest BCUT2D eigenvalue weighted by molar-refractivity contribution is -0.116. The van der Waals surface area contributed by atoms with Gasteiger partial charge in [0.1, 0.15) is 0 Å². The van der Waals surface area contributed by atoms with Crippen LogP contribution in [-0.4, -0.2) is 50.4 Å². The summed E-state index contributed by atoms with van der Waals surface area (Å²) in [5.41, 5.74) is 1.39. The van der Waals surface area contributed by atoms with Crippen molar-refractivity contribution in [3.63, 3.8) is 0 Å². The van der Waals surface area contributed by atoms with E-state index in [2.05, 4.69) is 15.0 Å². The maximum atomic E-state index is 12.8. The first-order valence-corrected chi connectivity index (χ1v) is 10.7. The number of anilines is 1. The number of aromatic amines is 1. The number of para-hydroxylation sites is 1. The largest absolute Gasteiger partial charge is 0.376 e. The van der Waals surface area contributed by atoms with E-state index in [0.29, 0.717) is 23.9 Å². The van der Waals surface area contributed by atoms with Crippen molar-refractivity contribution in [2.75, 3.05) is 23.8 Å². The van der Waals surface area contributed by atoms with Crippen LogP contribution in [0.2, 0.25) is 0 Å². The molecule has 2 aromatic heterocycles. The zero-order valence-corrected chi connectivity index (χ0v) is 17.0. The molecule has 152 valence electrons. The van der Waals surface area contributed by atoms with Crippen molar-refractivity contribution in [2.45, 2.75) is 37.6 Å². The Labute approximate surface area is 172 Å². The number of thioether (sulfide) groups is 1. The van der Waals surface area contributed by atoms with Crippen LogP contribution >= 0.6 is 11.8 Å². The highest BCUT2D eigenvalue weighted by molar-refractivity contribution is 7.99. The van der Waals surface area contributed by atoms with E-state index in [-0.39, 0.29) is 28.8 Å². The van der Waals surface area contributed by atoms with Crippen LogP contribution in [0.25, 0.3) is 11.2 Å². The zero-order valence-electron chi connectivity index (χ0n) is 16.2. The van der Waals surface area contributed by atoms with E-state index in [1.165, 1.54) is 18.1 Å². The Balaban J connectivity index is 1.57. The Morgan fingerprint density at radius 3 is 2.93 bits per heavy atom. The van der Waals surface area contributed by atoms with Crippen molar-refractivity contribution in [1.29, 1.82) is 0 Å². The van der Waals surface area contributed by atoms with Crippen molar-refractivity contribution in [3.05, 3.63) is 47.0 Å². The topological polar surface area (TPSA) is 93.1 Å². The Morgan fingerprint density at radius 1 is 1.38 bits per heavy atom. The number of benzene rings is 1. The molecule has 3 aromatic rings. The molecule has 0 spiro atoms. The first-order chi connectivity index (χ1) is 14.2. The van der Waals surface area contributed by atoms with Gasteiger partial charge < -0.3 is 19.2 Å². The smallest absolute Gasteiger partial charge is 0.278 e. The number of imidazole rings is 1. The van der Waals surface area contributed by atoms with Crippen molar-refractivity contribution in [1.82, 2.24) is 19.5 Å². The number of carbonyl (C=O) groups excluding carboxylic acids is 1. The van der Waals surface area contributed by atoms with Crippen LogP contribution < -0.4 is 10.5 Å². The molecule has 0 aliphatic carbocycles. The predicted octanol–water partition coefficient (Wildman–Crippen LogP) is 2.44. The summed E-state index contributed by atoms with van der Waals surface area (Å²) in [5, 5.41) is 0.608. The van der Waals surface area contributed by atoms with E-state index >= 15 is 0 Å². The van der Waals surface area contributed by atoms with Crippen LogP contribution in [0.15, 0.2) is 46.6 Å².